The first-order chi connectivity index (χ1) is 15.2. The van der Waals surface area contributed by atoms with Crippen molar-refractivity contribution in [3.05, 3.63) is 71.0 Å². The smallest absolute Gasteiger partial charge is 0.243 e. The second-order valence-electron chi connectivity index (χ2n) is 8.68. The number of benzene rings is 1. The molecule has 0 saturated heterocycles. The van der Waals surface area contributed by atoms with Gasteiger partial charge >= 0.3 is 0 Å². The molecule has 3 aromatic rings. The van der Waals surface area contributed by atoms with Gasteiger partial charge in [0.1, 0.15) is 5.60 Å². The number of fused-ring (bicyclic) bond motifs is 1. The molecule has 7 nitrogen and oxygen atoms in total. The first-order valence-electron chi connectivity index (χ1n) is 11.0. The van der Waals surface area contributed by atoms with Crippen LogP contribution in [0.3, 0.4) is 0 Å². The van der Waals surface area contributed by atoms with Crippen LogP contribution in [0.2, 0.25) is 0 Å². The molecule has 1 amide bonds. The Labute approximate surface area is 188 Å². The van der Waals surface area contributed by atoms with E-state index in [0.717, 1.165) is 28.6 Å². The van der Waals surface area contributed by atoms with Crippen molar-refractivity contribution in [3.63, 3.8) is 0 Å². The fraction of sp³-hybridized carbons (Fsp3) is 0.400. The largest absolute Gasteiger partial charge is 0.384 e. The normalized spacial score (nSPS) is 12.7. The number of aromatic nitrogens is 2. The van der Waals surface area contributed by atoms with Gasteiger partial charge < -0.3 is 10.5 Å². The molecular formula is C25H32N4O3. The standard InChI is InChI=1S/C25H32N4O3/c1-4-19(18-11-8-17(9-12-18)10-15-23(30)28-32)21(26)14-13-20-22-7-5-6-16-29(22)27-24(20)25(2,3)31/h5-9,11-12,16,19,26,31-32H,4,10,13-15H2,1-3H3,(H,28,30)/t19-/m1/s1. The molecule has 3 rings (SSSR count). The lowest BCUT2D eigenvalue weighted by Crippen LogP contribution is -2.19. The van der Waals surface area contributed by atoms with E-state index >= 15 is 0 Å². The molecule has 0 spiro atoms. The van der Waals surface area contributed by atoms with Gasteiger partial charge in [-0.3, -0.25) is 10.0 Å². The van der Waals surface area contributed by atoms with E-state index in [1.54, 1.807) is 23.8 Å². The minimum atomic E-state index is -1.06. The van der Waals surface area contributed by atoms with E-state index < -0.39 is 11.5 Å². The Morgan fingerprint density at radius 2 is 1.88 bits per heavy atom. The summed E-state index contributed by atoms with van der Waals surface area (Å²) in [5, 5.41) is 32.6. The van der Waals surface area contributed by atoms with Crippen LogP contribution in [0.1, 0.15) is 68.3 Å². The average molecular weight is 437 g/mol. The zero-order valence-corrected chi connectivity index (χ0v) is 18.9. The summed E-state index contributed by atoms with van der Waals surface area (Å²) >= 11 is 0. The topological polar surface area (TPSA) is 111 Å². The highest BCUT2D eigenvalue weighted by atomic mass is 16.5. The second-order valence-corrected chi connectivity index (χ2v) is 8.68. The first-order valence-corrected chi connectivity index (χ1v) is 11.0. The molecule has 0 unspecified atom stereocenters. The maximum Gasteiger partial charge on any atom is 0.243 e. The number of rotatable bonds is 10. The van der Waals surface area contributed by atoms with Gasteiger partial charge in [0.2, 0.25) is 5.91 Å². The van der Waals surface area contributed by atoms with Crippen LogP contribution in [0.25, 0.3) is 5.52 Å². The molecule has 1 aromatic carbocycles. The molecule has 0 saturated carbocycles. The van der Waals surface area contributed by atoms with Gasteiger partial charge in [-0.1, -0.05) is 37.3 Å². The predicted molar refractivity (Wildman–Crippen MR) is 124 cm³/mol. The van der Waals surface area contributed by atoms with Crippen LogP contribution < -0.4 is 5.48 Å². The van der Waals surface area contributed by atoms with E-state index in [1.165, 1.54) is 0 Å². The molecule has 0 aliphatic rings. The molecule has 32 heavy (non-hydrogen) atoms. The van der Waals surface area contributed by atoms with Crippen molar-refractivity contribution in [1.82, 2.24) is 15.1 Å². The molecule has 2 aromatic heterocycles. The van der Waals surface area contributed by atoms with Crippen molar-refractivity contribution in [3.8, 4) is 0 Å². The van der Waals surface area contributed by atoms with Crippen LogP contribution in [0, 0.1) is 5.41 Å². The predicted octanol–water partition coefficient (Wildman–Crippen LogP) is 4.15. The van der Waals surface area contributed by atoms with E-state index in [1.807, 2.05) is 48.7 Å². The lowest BCUT2D eigenvalue weighted by Gasteiger charge is -2.19. The molecule has 170 valence electrons. The Morgan fingerprint density at radius 3 is 2.50 bits per heavy atom. The zero-order chi connectivity index (χ0) is 23.3. The summed E-state index contributed by atoms with van der Waals surface area (Å²) in [5.41, 5.74) is 5.93. The number of amides is 1. The summed E-state index contributed by atoms with van der Waals surface area (Å²) in [6.45, 7) is 5.56. The summed E-state index contributed by atoms with van der Waals surface area (Å²) in [5.74, 6) is -0.391. The van der Waals surface area contributed by atoms with Crippen molar-refractivity contribution in [2.45, 2.75) is 64.4 Å². The third-order valence-electron chi connectivity index (χ3n) is 5.84. The van der Waals surface area contributed by atoms with Crippen LogP contribution in [-0.2, 0) is 23.2 Å². The van der Waals surface area contributed by atoms with Crippen LogP contribution in [0.4, 0.5) is 0 Å². The van der Waals surface area contributed by atoms with Crippen molar-refractivity contribution >= 4 is 17.1 Å². The molecule has 7 heteroatoms. The molecule has 0 fully saturated rings. The first kappa shape index (κ1) is 23.6. The number of aliphatic hydroxyl groups is 1. The van der Waals surface area contributed by atoms with Crippen LogP contribution >= 0.6 is 0 Å². The number of hydroxylamine groups is 1. The van der Waals surface area contributed by atoms with Gasteiger partial charge in [0.25, 0.3) is 0 Å². The Hall–Kier alpha value is -3.03. The van der Waals surface area contributed by atoms with Gasteiger partial charge in [-0.2, -0.15) is 5.10 Å². The Morgan fingerprint density at radius 1 is 1.16 bits per heavy atom. The van der Waals surface area contributed by atoms with Crippen molar-refractivity contribution < 1.29 is 15.1 Å². The van der Waals surface area contributed by atoms with E-state index in [4.69, 9.17) is 10.6 Å². The summed E-state index contributed by atoms with van der Waals surface area (Å²) in [7, 11) is 0. The molecule has 2 heterocycles. The van der Waals surface area contributed by atoms with Crippen molar-refractivity contribution in [2.24, 2.45) is 0 Å². The van der Waals surface area contributed by atoms with Crippen molar-refractivity contribution in [1.29, 1.82) is 5.41 Å². The third kappa shape index (κ3) is 5.41. The third-order valence-corrected chi connectivity index (χ3v) is 5.84. The van der Waals surface area contributed by atoms with E-state index in [0.29, 0.717) is 30.7 Å². The van der Waals surface area contributed by atoms with E-state index in [2.05, 4.69) is 12.0 Å². The van der Waals surface area contributed by atoms with Gasteiger partial charge in [0.05, 0.1) is 11.2 Å². The Kier molecular flexibility index (Phi) is 7.43. The Balaban J connectivity index is 1.73. The highest BCUT2D eigenvalue weighted by molar-refractivity contribution is 5.88. The fourth-order valence-electron chi connectivity index (χ4n) is 4.14. The van der Waals surface area contributed by atoms with Gasteiger partial charge in [-0.25, -0.2) is 10.00 Å². The maximum atomic E-state index is 11.2. The molecule has 0 aliphatic carbocycles. The molecule has 0 aliphatic heterocycles. The van der Waals surface area contributed by atoms with Gasteiger partial charge in [0, 0.05) is 29.8 Å². The van der Waals surface area contributed by atoms with Crippen molar-refractivity contribution in [2.75, 3.05) is 0 Å². The monoisotopic (exact) mass is 436 g/mol. The molecule has 0 bridgehead atoms. The number of carbonyl (C=O) groups is 1. The van der Waals surface area contributed by atoms with Crippen LogP contribution in [-0.4, -0.2) is 31.5 Å². The number of hydrogen-bond donors (Lipinski definition) is 4. The molecular weight excluding hydrogens is 404 g/mol. The highest BCUT2D eigenvalue weighted by Crippen LogP contribution is 2.29. The zero-order valence-electron chi connectivity index (χ0n) is 18.9. The second kappa shape index (κ2) is 10.1. The quantitative estimate of drug-likeness (QED) is 0.217. The van der Waals surface area contributed by atoms with Crippen LogP contribution in [0.5, 0.6) is 0 Å². The summed E-state index contributed by atoms with van der Waals surface area (Å²) < 4.78 is 1.79. The lowest BCUT2D eigenvalue weighted by atomic mass is 9.87. The fourth-order valence-corrected chi connectivity index (χ4v) is 4.14. The Bertz CT molecular complexity index is 1080. The van der Waals surface area contributed by atoms with Gasteiger partial charge in [0.15, 0.2) is 0 Å². The van der Waals surface area contributed by atoms with Crippen LogP contribution in [0.15, 0.2) is 48.7 Å². The summed E-state index contributed by atoms with van der Waals surface area (Å²) in [6, 6.07) is 13.9. The van der Waals surface area contributed by atoms with E-state index in [9.17, 15) is 9.90 Å². The SMILES string of the molecule is CC[C@@H](C(=N)CCc1c(C(C)(C)O)nn2ccccc12)c1ccc(CCC(=O)NO)cc1. The summed E-state index contributed by atoms with van der Waals surface area (Å²) in [6.07, 6.45) is 4.69. The number of pyridine rings is 1. The van der Waals surface area contributed by atoms with Gasteiger partial charge in [-0.15, -0.1) is 0 Å². The maximum absolute atomic E-state index is 11.2. The number of nitrogens with zero attached hydrogens (tertiary/aromatic N) is 2. The number of aryl methyl sites for hydroxylation is 2. The number of hydrogen-bond acceptors (Lipinski definition) is 5. The summed E-state index contributed by atoms with van der Waals surface area (Å²) in [4.78, 5) is 11.2. The molecule has 1 atom stereocenters. The average Bonchev–Trinajstić information content (AvgIpc) is 3.16. The highest BCUT2D eigenvalue weighted by Gasteiger charge is 2.26. The molecule has 0 radical (unpaired) electrons. The number of nitrogens with one attached hydrogen (secondary N) is 2. The number of carbonyl (C=O) groups excluding carboxylic acids is 1. The van der Waals surface area contributed by atoms with Gasteiger partial charge in [-0.05, 0) is 62.8 Å². The minimum absolute atomic E-state index is 0.0113. The lowest BCUT2D eigenvalue weighted by molar-refractivity contribution is -0.129. The van der Waals surface area contributed by atoms with E-state index in [-0.39, 0.29) is 12.3 Å². The molecule has 4 N–H and O–H groups in total. The minimum Gasteiger partial charge on any atom is -0.384 e.